The molecule has 0 heterocycles. The van der Waals surface area contributed by atoms with Crippen molar-refractivity contribution in [2.45, 2.75) is 124 Å². The predicted molar refractivity (Wildman–Crippen MR) is 140 cm³/mol. The first-order valence-electron chi connectivity index (χ1n) is 14.6. The van der Waals surface area contributed by atoms with Crippen molar-refractivity contribution in [2.75, 3.05) is 0 Å². The Kier molecular flexibility index (Phi) is 8.26. The summed E-state index contributed by atoms with van der Waals surface area (Å²) in [5.41, 5.74) is 0.331. The standard InChI is InChI=1S/C29H50O6S/c1-18(2)8-7-9-19(3)23-12-13-24-22-11-10-21-16-26(34-20(4)30)27(35-36(31,32)33)17-29(21,6)25(22)14-15-28(23,24)5/h18-19,21-27H,7-17H2,1-6H3,(H,31,32,33)/t19-,21+,22+,23-,24+,25+,26+,27+,28-,29+/m1/s1. The molecular formula is C29H50O6S. The first-order chi connectivity index (χ1) is 16.7. The number of ether oxygens (including phenoxy) is 1. The van der Waals surface area contributed by atoms with E-state index in [1.165, 1.54) is 58.3 Å². The van der Waals surface area contributed by atoms with Crippen LogP contribution in [0.5, 0.6) is 0 Å². The molecule has 1 N–H and O–H groups in total. The van der Waals surface area contributed by atoms with Crippen LogP contribution >= 0.6 is 0 Å². The minimum Gasteiger partial charge on any atom is -0.460 e. The lowest BCUT2D eigenvalue weighted by atomic mass is 9.44. The highest BCUT2D eigenvalue weighted by Crippen LogP contribution is 2.68. The smallest absolute Gasteiger partial charge is 0.397 e. The predicted octanol–water partition coefficient (Wildman–Crippen LogP) is 6.84. The quantitative estimate of drug-likeness (QED) is 0.275. The van der Waals surface area contributed by atoms with Crippen LogP contribution in [0.25, 0.3) is 0 Å². The molecule has 7 heteroatoms. The van der Waals surface area contributed by atoms with E-state index in [-0.39, 0.29) is 5.41 Å². The van der Waals surface area contributed by atoms with E-state index < -0.39 is 28.6 Å². The van der Waals surface area contributed by atoms with Gasteiger partial charge in [0.15, 0.2) is 0 Å². The van der Waals surface area contributed by atoms with Crippen molar-refractivity contribution in [2.24, 2.45) is 52.3 Å². The van der Waals surface area contributed by atoms with Crippen LogP contribution in [0.1, 0.15) is 112 Å². The average Bonchev–Trinajstić information content (AvgIpc) is 3.10. The molecule has 0 unspecified atom stereocenters. The van der Waals surface area contributed by atoms with Gasteiger partial charge in [-0.2, -0.15) is 8.42 Å². The monoisotopic (exact) mass is 526 g/mol. The SMILES string of the molecule is CC(=O)O[C@H]1C[C@@H]2CC[C@@H]3[C@H](CC[C@]4(C)[C@@H]([C@H](C)CCCC(C)C)CC[C@@H]34)[C@@]2(C)C[C@@H]1OS(=O)(=O)O. The fraction of sp³-hybridized carbons (Fsp3) is 0.966. The van der Waals surface area contributed by atoms with E-state index in [2.05, 4.69) is 34.6 Å². The van der Waals surface area contributed by atoms with E-state index in [9.17, 15) is 17.8 Å². The van der Waals surface area contributed by atoms with Crippen LogP contribution in [0.15, 0.2) is 0 Å². The third kappa shape index (κ3) is 5.54. The van der Waals surface area contributed by atoms with Gasteiger partial charge in [-0.15, -0.1) is 0 Å². The Labute approximate surface area is 219 Å². The largest absolute Gasteiger partial charge is 0.460 e. The first-order valence-corrected chi connectivity index (χ1v) is 15.9. The van der Waals surface area contributed by atoms with E-state index in [0.29, 0.717) is 36.0 Å². The van der Waals surface area contributed by atoms with Crippen LogP contribution in [-0.2, 0) is 24.1 Å². The molecule has 0 aliphatic heterocycles. The van der Waals surface area contributed by atoms with Gasteiger partial charge in [0.1, 0.15) is 12.2 Å². The minimum atomic E-state index is -4.63. The second kappa shape index (κ2) is 10.5. The maximum atomic E-state index is 11.7. The topological polar surface area (TPSA) is 89.9 Å². The third-order valence-electron chi connectivity index (χ3n) is 11.4. The molecular weight excluding hydrogens is 476 g/mol. The van der Waals surface area contributed by atoms with E-state index in [0.717, 1.165) is 30.1 Å². The van der Waals surface area contributed by atoms with Crippen molar-refractivity contribution in [3.63, 3.8) is 0 Å². The molecule has 6 nitrogen and oxygen atoms in total. The Morgan fingerprint density at radius 1 is 0.972 bits per heavy atom. The molecule has 0 spiro atoms. The number of rotatable bonds is 8. The fourth-order valence-corrected chi connectivity index (χ4v) is 10.4. The van der Waals surface area contributed by atoms with Gasteiger partial charge in [0.25, 0.3) is 0 Å². The molecule has 0 aromatic carbocycles. The zero-order valence-electron chi connectivity index (χ0n) is 23.4. The second-order valence-corrected chi connectivity index (χ2v) is 14.9. The summed E-state index contributed by atoms with van der Waals surface area (Å²) in [5.74, 6) is 4.21. The van der Waals surface area contributed by atoms with Crippen LogP contribution < -0.4 is 0 Å². The third-order valence-corrected chi connectivity index (χ3v) is 11.9. The molecule has 4 rings (SSSR count). The molecule has 10 atom stereocenters. The van der Waals surface area contributed by atoms with Crippen molar-refractivity contribution in [1.29, 1.82) is 0 Å². The van der Waals surface area contributed by atoms with Gasteiger partial charge in [-0.05, 0) is 104 Å². The molecule has 0 saturated heterocycles. The summed E-state index contributed by atoms with van der Waals surface area (Å²) in [4.78, 5) is 11.7. The summed E-state index contributed by atoms with van der Waals surface area (Å²) >= 11 is 0. The van der Waals surface area contributed by atoms with Crippen molar-refractivity contribution < 1.29 is 26.7 Å². The van der Waals surface area contributed by atoms with Crippen LogP contribution in [-0.4, -0.2) is 31.1 Å². The molecule has 0 bridgehead atoms. The van der Waals surface area contributed by atoms with E-state index in [4.69, 9.17) is 8.92 Å². The Hall–Kier alpha value is -0.660. The summed E-state index contributed by atoms with van der Waals surface area (Å²) < 4.78 is 43.5. The molecule has 4 aliphatic carbocycles. The maximum Gasteiger partial charge on any atom is 0.397 e. The highest BCUT2D eigenvalue weighted by Gasteiger charge is 2.62. The van der Waals surface area contributed by atoms with Gasteiger partial charge in [-0.25, -0.2) is 4.18 Å². The highest BCUT2D eigenvalue weighted by molar-refractivity contribution is 7.80. The lowest BCUT2D eigenvalue weighted by Crippen LogP contribution is -2.57. The lowest BCUT2D eigenvalue weighted by molar-refractivity contribution is -0.178. The molecule has 0 aromatic rings. The van der Waals surface area contributed by atoms with Crippen LogP contribution in [0.2, 0.25) is 0 Å². The summed E-state index contributed by atoms with van der Waals surface area (Å²) in [6.45, 7) is 13.4. The van der Waals surface area contributed by atoms with Gasteiger partial charge in [-0.1, -0.05) is 53.9 Å². The zero-order chi connectivity index (χ0) is 26.5. The normalized spacial score (nSPS) is 43.4. The van der Waals surface area contributed by atoms with Gasteiger partial charge >= 0.3 is 16.4 Å². The first kappa shape index (κ1) is 28.4. The zero-order valence-corrected chi connectivity index (χ0v) is 24.2. The number of esters is 1. The molecule has 4 aliphatic rings. The maximum absolute atomic E-state index is 11.7. The van der Waals surface area contributed by atoms with Crippen LogP contribution in [0.4, 0.5) is 0 Å². The Morgan fingerprint density at radius 2 is 1.67 bits per heavy atom. The summed E-state index contributed by atoms with van der Waals surface area (Å²) in [7, 11) is -4.63. The van der Waals surface area contributed by atoms with Crippen molar-refractivity contribution in [3.05, 3.63) is 0 Å². The minimum absolute atomic E-state index is 0.0722. The molecule has 0 amide bonds. The van der Waals surface area contributed by atoms with Gasteiger partial charge in [0, 0.05) is 6.92 Å². The second-order valence-electron chi connectivity index (χ2n) is 13.8. The van der Waals surface area contributed by atoms with Crippen molar-refractivity contribution in [1.82, 2.24) is 0 Å². The Bertz CT molecular complexity index is 901. The number of fused-ring (bicyclic) bond motifs is 5. The van der Waals surface area contributed by atoms with E-state index >= 15 is 0 Å². The summed E-state index contributed by atoms with van der Waals surface area (Å²) in [5, 5.41) is 0. The number of hydrogen-bond donors (Lipinski definition) is 1. The van der Waals surface area contributed by atoms with Crippen LogP contribution in [0.3, 0.4) is 0 Å². The van der Waals surface area contributed by atoms with Gasteiger partial charge in [-0.3, -0.25) is 9.35 Å². The number of hydrogen-bond acceptors (Lipinski definition) is 5. The Balaban J connectivity index is 1.51. The molecule has 0 radical (unpaired) electrons. The molecule has 0 aromatic heterocycles. The van der Waals surface area contributed by atoms with Crippen molar-refractivity contribution in [3.8, 4) is 0 Å². The van der Waals surface area contributed by atoms with E-state index in [1.807, 2.05) is 0 Å². The lowest BCUT2D eigenvalue weighted by Gasteiger charge is -2.62. The number of carbonyl (C=O) groups is 1. The van der Waals surface area contributed by atoms with Gasteiger partial charge in [0.2, 0.25) is 0 Å². The van der Waals surface area contributed by atoms with Gasteiger partial charge < -0.3 is 4.74 Å². The Morgan fingerprint density at radius 3 is 2.31 bits per heavy atom. The van der Waals surface area contributed by atoms with Crippen molar-refractivity contribution >= 4 is 16.4 Å². The highest BCUT2D eigenvalue weighted by atomic mass is 32.3. The average molecular weight is 527 g/mol. The van der Waals surface area contributed by atoms with E-state index in [1.54, 1.807) is 0 Å². The molecule has 4 fully saturated rings. The van der Waals surface area contributed by atoms with Crippen LogP contribution in [0, 0.1) is 52.3 Å². The molecule has 4 saturated carbocycles. The molecule has 208 valence electrons. The summed E-state index contributed by atoms with van der Waals surface area (Å²) in [6, 6.07) is 0. The summed E-state index contributed by atoms with van der Waals surface area (Å²) in [6.07, 6.45) is 11.1. The molecule has 36 heavy (non-hydrogen) atoms. The number of carbonyl (C=O) groups excluding carboxylic acids is 1. The fourth-order valence-electron chi connectivity index (χ4n) is 9.85. The van der Waals surface area contributed by atoms with Gasteiger partial charge in [0.05, 0.1) is 0 Å².